The number of carboxylic acids is 1. The van der Waals surface area contributed by atoms with Crippen LogP contribution in [0.15, 0.2) is 16.8 Å². The first-order chi connectivity index (χ1) is 8.09. The molecule has 0 aliphatic heterocycles. The van der Waals surface area contributed by atoms with Crippen molar-refractivity contribution in [1.29, 1.82) is 0 Å². The Labute approximate surface area is 92.7 Å². The second-order valence-electron chi connectivity index (χ2n) is 2.98. The van der Waals surface area contributed by atoms with Crippen LogP contribution in [-0.4, -0.2) is 32.9 Å². The first kappa shape index (κ1) is 10.8. The van der Waals surface area contributed by atoms with E-state index in [1.165, 1.54) is 6.07 Å². The summed E-state index contributed by atoms with van der Waals surface area (Å²) < 4.78 is 9.26. The Kier molecular flexibility index (Phi) is 2.57. The summed E-state index contributed by atoms with van der Waals surface area (Å²) >= 11 is 0. The largest absolute Gasteiger partial charge is 0.479 e. The maximum atomic E-state index is 10.7. The second kappa shape index (κ2) is 4.04. The van der Waals surface area contributed by atoms with E-state index in [2.05, 4.69) is 14.9 Å². The number of benzene rings is 1. The molecule has 17 heavy (non-hydrogen) atoms. The highest BCUT2D eigenvalue weighted by Gasteiger charge is 2.20. The first-order valence-corrected chi connectivity index (χ1v) is 4.34. The summed E-state index contributed by atoms with van der Waals surface area (Å²) in [5.74, 6) is -1.11. The third-order valence-electron chi connectivity index (χ3n) is 1.90. The standard InChI is InChI=1S/C8H5N3O6/c12-6(13)3-16-5-2-1-4(11(14)15)7-8(5)10-17-9-7/h1-2H,3H2,(H,12,13). The van der Waals surface area contributed by atoms with E-state index in [4.69, 9.17) is 9.84 Å². The highest BCUT2D eigenvalue weighted by Crippen LogP contribution is 2.30. The maximum Gasteiger partial charge on any atom is 0.341 e. The number of nitro groups is 1. The second-order valence-corrected chi connectivity index (χ2v) is 2.98. The Morgan fingerprint density at radius 2 is 2.18 bits per heavy atom. The zero-order chi connectivity index (χ0) is 12.4. The van der Waals surface area contributed by atoms with Crippen molar-refractivity contribution >= 4 is 22.7 Å². The van der Waals surface area contributed by atoms with Crippen LogP contribution < -0.4 is 4.74 Å². The molecule has 2 rings (SSSR count). The zero-order valence-corrected chi connectivity index (χ0v) is 8.19. The van der Waals surface area contributed by atoms with Gasteiger partial charge in [-0.15, -0.1) is 0 Å². The van der Waals surface area contributed by atoms with Crippen LogP contribution in [0.25, 0.3) is 11.0 Å². The summed E-state index contributed by atoms with van der Waals surface area (Å²) in [5, 5.41) is 25.9. The lowest BCUT2D eigenvalue weighted by Gasteiger charge is -2.02. The molecule has 0 atom stereocenters. The third kappa shape index (κ3) is 1.97. The normalized spacial score (nSPS) is 10.4. The first-order valence-electron chi connectivity index (χ1n) is 4.34. The van der Waals surface area contributed by atoms with Gasteiger partial charge in [0.15, 0.2) is 17.9 Å². The van der Waals surface area contributed by atoms with Crippen LogP contribution >= 0.6 is 0 Å². The number of carbonyl (C=O) groups is 1. The number of non-ortho nitro benzene ring substituents is 1. The number of aliphatic carboxylic acids is 1. The van der Waals surface area contributed by atoms with E-state index in [0.717, 1.165) is 6.07 Å². The number of rotatable bonds is 4. The summed E-state index contributed by atoms with van der Waals surface area (Å²) in [6, 6.07) is 2.39. The Morgan fingerprint density at radius 1 is 1.47 bits per heavy atom. The van der Waals surface area contributed by atoms with E-state index in [1.807, 2.05) is 0 Å². The fraction of sp³-hybridized carbons (Fsp3) is 0.125. The van der Waals surface area contributed by atoms with Gasteiger partial charge in [-0.3, -0.25) is 10.1 Å². The molecule has 88 valence electrons. The molecular formula is C8H5N3O6. The summed E-state index contributed by atoms with van der Waals surface area (Å²) in [4.78, 5) is 20.3. The van der Waals surface area contributed by atoms with E-state index < -0.39 is 17.5 Å². The van der Waals surface area contributed by atoms with Crippen molar-refractivity contribution in [3.8, 4) is 5.75 Å². The van der Waals surface area contributed by atoms with Gasteiger partial charge in [0.05, 0.1) is 4.92 Å². The molecule has 1 N–H and O–H groups in total. The summed E-state index contributed by atoms with van der Waals surface area (Å²) in [6.45, 7) is -0.584. The molecular weight excluding hydrogens is 234 g/mol. The van der Waals surface area contributed by atoms with Gasteiger partial charge in [0.25, 0.3) is 0 Å². The van der Waals surface area contributed by atoms with E-state index in [9.17, 15) is 14.9 Å². The Bertz CT molecular complexity index is 592. The lowest BCUT2D eigenvalue weighted by molar-refractivity contribution is -0.383. The van der Waals surface area contributed by atoms with Crippen molar-refractivity contribution in [3.63, 3.8) is 0 Å². The minimum atomic E-state index is -1.17. The van der Waals surface area contributed by atoms with Crippen LogP contribution in [0.5, 0.6) is 5.75 Å². The molecule has 1 aromatic carbocycles. The van der Waals surface area contributed by atoms with Gasteiger partial charge in [-0.2, -0.15) is 0 Å². The Hall–Kier alpha value is -2.71. The van der Waals surface area contributed by atoms with Gasteiger partial charge >= 0.3 is 11.7 Å². The van der Waals surface area contributed by atoms with Crippen molar-refractivity contribution in [2.45, 2.75) is 0 Å². The molecule has 9 nitrogen and oxygen atoms in total. The molecule has 0 radical (unpaired) electrons. The molecule has 0 saturated carbocycles. The maximum absolute atomic E-state index is 10.7. The van der Waals surface area contributed by atoms with Crippen molar-refractivity contribution in [1.82, 2.24) is 10.3 Å². The minimum absolute atomic E-state index is 0.0143. The number of hydrogen-bond donors (Lipinski definition) is 1. The van der Waals surface area contributed by atoms with Gasteiger partial charge in [0.1, 0.15) is 0 Å². The SMILES string of the molecule is O=C(O)COc1ccc([N+](=O)[O-])c2nonc12. The quantitative estimate of drug-likeness (QED) is 0.606. The summed E-state index contributed by atoms with van der Waals surface area (Å²) in [7, 11) is 0. The number of aromatic nitrogens is 2. The predicted octanol–water partition coefficient (Wildman–Crippen LogP) is 0.594. The number of ether oxygens (including phenoxy) is 1. The monoisotopic (exact) mass is 239 g/mol. The van der Waals surface area contributed by atoms with E-state index in [1.54, 1.807) is 0 Å². The van der Waals surface area contributed by atoms with Crippen LogP contribution in [-0.2, 0) is 4.79 Å². The average molecular weight is 239 g/mol. The molecule has 0 amide bonds. The van der Waals surface area contributed by atoms with E-state index in [0.29, 0.717) is 0 Å². The molecule has 0 unspecified atom stereocenters. The van der Waals surface area contributed by atoms with Crippen LogP contribution in [0.4, 0.5) is 5.69 Å². The van der Waals surface area contributed by atoms with Gasteiger partial charge in [-0.1, -0.05) is 0 Å². The molecule has 9 heteroatoms. The van der Waals surface area contributed by atoms with Crippen LogP contribution in [0.3, 0.4) is 0 Å². The summed E-state index contributed by atoms with van der Waals surface area (Å²) in [5.41, 5.74) is -0.359. The van der Waals surface area contributed by atoms with Crippen LogP contribution in [0.2, 0.25) is 0 Å². The van der Waals surface area contributed by atoms with Crippen LogP contribution in [0, 0.1) is 10.1 Å². The molecule has 1 heterocycles. The fourth-order valence-electron chi connectivity index (χ4n) is 1.23. The zero-order valence-electron chi connectivity index (χ0n) is 8.19. The van der Waals surface area contributed by atoms with Crippen molar-refractivity contribution < 1.29 is 24.2 Å². The van der Waals surface area contributed by atoms with Gasteiger partial charge in [-0.05, 0) is 16.4 Å². The van der Waals surface area contributed by atoms with Gasteiger partial charge < -0.3 is 9.84 Å². The highest BCUT2D eigenvalue weighted by molar-refractivity contribution is 5.88. The summed E-state index contributed by atoms with van der Waals surface area (Å²) in [6.07, 6.45) is 0. The number of nitrogens with zero attached hydrogens (tertiary/aromatic N) is 3. The average Bonchev–Trinajstić information content (AvgIpc) is 2.73. The lowest BCUT2D eigenvalue weighted by Crippen LogP contribution is -2.09. The van der Waals surface area contributed by atoms with Gasteiger partial charge in [-0.25, -0.2) is 9.42 Å². The van der Waals surface area contributed by atoms with Crippen molar-refractivity contribution in [2.75, 3.05) is 6.61 Å². The molecule has 0 aliphatic rings. The van der Waals surface area contributed by atoms with Gasteiger partial charge in [0.2, 0.25) is 5.52 Å². The fourth-order valence-corrected chi connectivity index (χ4v) is 1.23. The third-order valence-corrected chi connectivity index (χ3v) is 1.90. The molecule has 0 spiro atoms. The predicted molar refractivity (Wildman–Crippen MR) is 51.6 cm³/mol. The van der Waals surface area contributed by atoms with E-state index in [-0.39, 0.29) is 22.5 Å². The van der Waals surface area contributed by atoms with Crippen molar-refractivity contribution in [3.05, 3.63) is 22.2 Å². The number of carboxylic acid groups (broad SMARTS) is 1. The van der Waals surface area contributed by atoms with Crippen LogP contribution in [0.1, 0.15) is 0 Å². The molecule has 0 bridgehead atoms. The molecule has 0 fully saturated rings. The molecule has 0 aliphatic carbocycles. The number of fused-ring (bicyclic) bond motifs is 1. The van der Waals surface area contributed by atoms with E-state index >= 15 is 0 Å². The van der Waals surface area contributed by atoms with Gasteiger partial charge in [0, 0.05) is 6.07 Å². The smallest absolute Gasteiger partial charge is 0.341 e. The topological polar surface area (TPSA) is 129 Å². The molecule has 0 saturated heterocycles. The number of hydrogen-bond acceptors (Lipinski definition) is 7. The van der Waals surface area contributed by atoms with Crippen molar-refractivity contribution in [2.24, 2.45) is 0 Å². The lowest BCUT2D eigenvalue weighted by atomic mass is 10.2. The molecule has 2 aromatic rings. The Balaban J connectivity index is 2.46. The highest BCUT2D eigenvalue weighted by atomic mass is 16.6. The minimum Gasteiger partial charge on any atom is -0.479 e. The molecule has 1 aromatic heterocycles. The Morgan fingerprint density at radius 3 is 2.82 bits per heavy atom. The number of nitro benzene ring substituents is 1.